The summed E-state index contributed by atoms with van der Waals surface area (Å²) in [7, 11) is 0. The highest BCUT2D eigenvalue weighted by Gasteiger charge is 2.28. The lowest BCUT2D eigenvalue weighted by Crippen LogP contribution is -2.14. The minimum absolute atomic E-state index is 0.0705. The third-order valence-corrected chi connectivity index (χ3v) is 6.73. The fourth-order valence-electron chi connectivity index (χ4n) is 4.64. The highest BCUT2D eigenvalue weighted by atomic mass is 16.5. The monoisotopic (exact) mass is 548 g/mol. The van der Waals surface area contributed by atoms with Gasteiger partial charge < -0.3 is 23.8 Å². The molecule has 2 atom stereocenters. The number of rotatable bonds is 9. The number of carbonyl (C=O) groups is 2. The molecule has 0 fully saturated rings. The van der Waals surface area contributed by atoms with E-state index in [1.807, 2.05) is 36.4 Å². The maximum absolute atomic E-state index is 12.9. The minimum Gasteiger partial charge on any atom is -0.481 e. The minimum atomic E-state index is -1.05. The molecule has 9 heteroatoms. The molecule has 2 N–H and O–H groups in total. The molecule has 9 nitrogen and oxygen atoms in total. The van der Waals surface area contributed by atoms with Gasteiger partial charge in [0, 0.05) is 0 Å². The molecule has 0 spiro atoms. The SMILES string of the molecule is O=C(OCC(O)c1ccccc1)c1cccc2nc(-c3cccc4nc(C(Cc5ccccc5)C(=O)O)oc34)oc12. The molecule has 0 radical (unpaired) electrons. The number of carbonyl (C=O) groups excluding carboxylic acids is 1. The Morgan fingerprint density at radius 3 is 2.20 bits per heavy atom. The summed E-state index contributed by atoms with van der Waals surface area (Å²) in [6.07, 6.45) is -0.759. The normalized spacial score (nSPS) is 12.8. The molecule has 0 aliphatic rings. The van der Waals surface area contributed by atoms with E-state index in [2.05, 4.69) is 9.97 Å². The maximum Gasteiger partial charge on any atom is 0.342 e. The molecule has 0 saturated heterocycles. The summed E-state index contributed by atoms with van der Waals surface area (Å²) in [4.78, 5) is 34.1. The van der Waals surface area contributed by atoms with Crippen LogP contribution in [0.5, 0.6) is 0 Å². The molecule has 0 aliphatic carbocycles. The molecule has 0 amide bonds. The number of nitrogens with zero attached hydrogens (tertiary/aromatic N) is 2. The van der Waals surface area contributed by atoms with E-state index < -0.39 is 24.0 Å². The topological polar surface area (TPSA) is 136 Å². The molecular formula is C32H24N2O7. The van der Waals surface area contributed by atoms with E-state index >= 15 is 0 Å². The Bertz CT molecular complexity index is 1840. The molecular weight excluding hydrogens is 524 g/mol. The Kier molecular flexibility index (Phi) is 7.01. The van der Waals surface area contributed by atoms with Crippen molar-refractivity contribution in [1.29, 1.82) is 0 Å². The van der Waals surface area contributed by atoms with Gasteiger partial charge >= 0.3 is 11.9 Å². The number of aliphatic hydroxyl groups is 1. The van der Waals surface area contributed by atoms with Crippen LogP contribution in [0.15, 0.2) is 106 Å². The maximum atomic E-state index is 12.9. The second-order valence-corrected chi connectivity index (χ2v) is 9.48. The van der Waals surface area contributed by atoms with Crippen LogP contribution in [0, 0.1) is 0 Å². The van der Waals surface area contributed by atoms with Crippen molar-refractivity contribution in [3.63, 3.8) is 0 Å². The van der Waals surface area contributed by atoms with E-state index in [4.69, 9.17) is 13.6 Å². The summed E-state index contributed by atoms with van der Waals surface area (Å²) in [5, 5.41) is 20.3. The third-order valence-electron chi connectivity index (χ3n) is 6.73. The molecule has 0 saturated carbocycles. The van der Waals surface area contributed by atoms with Crippen LogP contribution in [0.1, 0.15) is 39.4 Å². The number of aromatic nitrogens is 2. The number of fused-ring (bicyclic) bond motifs is 2. The molecule has 6 aromatic rings. The van der Waals surface area contributed by atoms with Crippen LogP contribution in [0.2, 0.25) is 0 Å². The fourth-order valence-corrected chi connectivity index (χ4v) is 4.64. The Morgan fingerprint density at radius 1 is 0.780 bits per heavy atom. The van der Waals surface area contributed by atoms with Crippen LogP contribution in [0.25, 0.3) is 33.7 Å². The highest BCUT2D eigenvalue weighted by Crippen LogP contribution is 2.34. The second kappa shape index (κ2) is 11.1. The lowest BCUT2D eigenvalue weighted by molar-refractivity contribution is -0.139. The fraction of sp³-hybridized carbons (Fsp3) is 0.125. The van der Waals surface area contributed by atoms with Crippen molar-refractivity contribution >= 4 is 34.1 Å². The number of benzene rings is 4. The molecule has 0 bridgehead atoms. The summed E-state index contributed by atoms with van der Waals surface area (Å²) in [6, 6.07) is 28.3. The number of ether oxygens (including phenoxy) is 1. The van der Waals surface area contributed by atoms with E-state index in [0.29, 0.717) is 27.7 Å². The average molecular weight is 549 g/mol. The van der Waals surface area contributed by atoms with Gasteiger partial charge in [0.25, 0.3) is 0 Å². The molecule has 4 aromatic carbocycles. The number of carboxylic acid groups (broad SMARTS) is 1. The zero-order valence-corrected chi connectivity index (χ0v) is 21.6. The number of hydrogen-bond acceptors (Lipinski definition) is 8. The molecule has 2 aromatic heterocycles. The summed E-state index contributed by atoms with van der Waals surface area (Å²) in [5.74, 6) is -2.47. The first-order valence-electron chi connectivity index (χ1n) is 12.9. The average Bonchev–Trinajstić information content (AvgIpc) is 3.63. The van der Waals surface area contributed by atoms with Gasteiger partial charge in [0.05, 0.1) is 5.56 Å². The van der Waals surface area contributed by atoms with Gasteiger partial charge in [-0.3, -0.25) is 4.79 Å². The Morgan fingerprint density at radius 2 is 1.46 bits per heavy atom. The summed E-state index contributed by atoms with van der Waals surface area (Å²) in [6.45, 7) is -0.228. The lowest BCUT2D eigenvalue weighted by atomic mass is 9.99. The Hall–Kier alpha value is -5.28. The largest absolute Gasteiger partial charge is 0.481 e. The van der Waals surface area contributed by atoms with E-state index in [0.717, 1.165) is 5.56 Å². The Labute approximate surface area is 233 Å². The molecule has 2 heterocycles. The Balaban J connectivity index is 1.30. The predicted molar refractivity (Wildman–Crippen MR) is 149 cm³/mol. The van der Waals surface area contributed by atoms with E-state index in [-0.39, 0.29) is 36.0 Å². The molecule has 2 unspecified atom stereocenters. The number of para-hydroxylation sites is 2. The van der Waals surface area contributed by atoms with Crippen LogP contribution in [0.4, 0.5) is 0 Å². The lowest BCUT2D eigenvalue weighted by Gasteiger charge is -2.11. The van der Waals surface area contributed by atoms with Crippen molar-refractivity contribution < 1.29 is 33.4 Å². The number of aliphatic carboxylic acids is 1. The van der Waals surface area contributed by atoms with Crippen molar-refractivity contribution in [2.45, 2.75) is 18.4 Å². The van der Waals surface area contributed by atoms with Crippen molar-refractivity contribution in [1.82, 2.24) is 9.97 Å². The van der Waals surface area contributed by atoms with Gasteiger partial charge in [0.1, 0.15) is 35.2 Å². The zero-order valence-electron chi connectivity index (χ0n) is 21.6. The second-order valence-electron chi connectivity index (χ2n) is 9.48. The number of aliphatic hydroxyl groups excluding tert-OH is 1. The van der Waals surface area contributed by atoms with Gasteiger partial charge in [-0.25, -0.2) is 14.8 Å². The summed E-state index contributed by atoms with van der Waals surface area (Å²) >= 11 is 0. The van der Waals surface area contributed by atoms with Crippen LogP contribution < -0.4 is 0 Å². The van der Waals surface area contributed by atoms with E-state index in [1.54, 1.807) is 60.7 Å². The van der Waals surface area contributed by atoms with Crippen LogP contribution in [-0.2, 0) is 16.0 Å². The van der Waals surface area contributed by atoms with Gasteiger partial charge in [-0.15, -0.1) is 0 Å². The number of carboxylic acids is 1. The molecule has 6 rings (SSSR count). The number of esters is 1. The van der Waals surface area contributed by atoms with Crippen molar-refractivity contribution in [2.24, 2.45) is 0 Å². The van der Waals surface area contributed by atoms with E-state index in [1.165, 1.54) is 0 Å². The first-order chi connectivity index (χ1) is 20.0. The van der Waals surface area contributed by atoms with Crippen molar-refractivity contribution in [2.75, 3.05) is 6.61 Å². The first-order valence-corrected chi connectivity index (χ1v) is 12.9. The van der Waals surface area contributed by atoms with Crippen LogP contribution in [-0.4, -0.2) is 38.7 Å². The standard InChI is InChI=1S/C32H24N2O7/c35-26(20-11-5-2-6-12-20)18-39-32(38)22-14-8-16-25-28(22)41-29(33-25)21-13-7-15-24-27(21)40-30(34-24)23(31(36)37)17-19-9-3-1-4-10-19/h1-16,23,26,35H,17-18H2,(H,36,37). The van der Waals surface area contributed by atoms with Gasteiger partial charge in [0.15, 0.2) is 11.2 Å². The van der Waals surface area contributed by atoms with Gasteiger partial charge in [-0.05, 0) is 41.8 Å². The first kappa shape index (κ1) is 26.0. The number of hydrogen-bond donors (Lipinski definition) is 2. The highest BCUT2D eigenvalue weighted by molar-refractivity contribution is 6.02. The van der Waals surface area contributed by atoms with E-state index in [9.17, 15) is 19.8 Å². The predicted octanol–water partition coefficient (Wildman–Crippen LogP) is 5.94. The van der Waals surface area contributed by atoms with Gasteiger partial charge in [-0.1, -0.05) is 72.8 Å². The summed E-state index contributed by atoms with van der Waals surface area (Å²) < 4.78 is 17.4. The quantitative estimate of drug-likeness (QED) is 0.210. The molecule has 41 heavy (non-hydrogen) atoms. The smallest absolute Gasteiger partial charge is 0.342 e. The number of oxazole rings is 2. The van der Waals surface area contributed by atoms with Crippen LogP contribution in [0.3, 0.4) is 0 Å². The van der Waals surface area contributed by atoms with Gasteiger partial charge in [-0.2, -0.15) is 0 Å². The van der Waals surface area contributed by atoms with Crippen LogP contribution >= 0.6 is 0 Å². The van der Waals surface area contributed by atoms with Gasteiger partial charge in [0.2, 0.25) is 11.8 Å². The van der Waals surface area contributed by atoms with Crippen molar-refractivity contribution in [3.05, 3.63) is 120 Å². The molecule has 0 aliphatic heterocycles. The summed E-state index contributed by atoms with van der Waals surface area (Å²) in [5.41, 5.74) is 3.50. The zero-order chi connectivity index (χ0) is 28.3. The third kappa shape index (κ3) is 5.30. The van der Waals surface area contributed by atoms with Crippen molar-refractivity contribution in [3.8, 4) is 11.5 Å². The molecule has 204 valence electrons.